The third-order valence-corrected chi connectivity index (χ3v) is 5.22. The fraction of sp³-hybridized carbons (Fsp3) is 0.850. The molecule has 27 heavy (non-hydrogen) atoms. The van der Waals surface area contributed by atoms with Crippen LogP contribution < -0.4 is 10.6 Å². The van der Waals surface area contributed by atoms with Crippen LogP contribution >= 0.6 is 0 Å². The van der Waals surface area contributed by atoms with Crippen molar-refractivity contribution in [2.75, 3.05) is 13.2 Å². The Balaban J connectivity index is 2.05. The van der Waals surface area contributed by atoms with E-state index in [9.17, 15) is 14.9 Å². The van der Waals surface area contributed by atoms with E-state index in [-0.39, 0.29) is 5.91 Å². The van der Waals surface area contributed by atoms with Gasteiger partial charge in [0, 0.05) is 26.1 Å². The monoisotopic (exact) mass is 379 g/mol. The summed E-state index contributed by atoms with van der Waals surface area (Å²) in [5.41, 5.74) is -1.56. The molecule has 1 unspecified atom stereocenters. The lowest BCUT2D eigenvalue weighted by Crippen LogP contribution is -2.57. The molecule has 2 rings (SSSR count). The predicted molar refractivity (Wildman–Crippen MR) is 101 cm³/mol. The van der Waals surface area contributed by atoms with Gasteiger partial charge in [-0.05, 0) is 33.1 Å². The number of alkyl carbamates (subject to hydrolysis) is 1. The van der Waals surface area contributed by atoms with Gasteiger partial charge in [0.2, 0.25) is 5.91 Å². The molecule has 2 amide bonds. The summed E-state index contributed by atoms with van der Waals surface area (Å²) in [5, 5.41) is 15.2. The zero-order chi connectivity index (χ0) is 19.9. The molecule has 0 aromatic rings. The molecule has 2 aliphatic rings. The average Bonchev–Trinajstić information content (AvgIpc) is 2.61. The molecule has 0 aromatic carbocycles. The molecule has 1 heterocycles. The Hall–Kier alpha value is -1.81. The lowest BCUT2D eigenvalue weighted by Gasteiger charge is -2.34. The summed E-state index contributed by atoms with van der Waals surface area (Å²) in [7, 11) is 0. The van der Waals surface area contributed by atoms with Crippen molar-refractivity contribution in [3.05, 3.63) is 0 Å². The summed E-state index contributed by atoms with van der Waals surface area (Å²) >= 11 is 0. The first kappa shape index (κ1) is 21.5. The third kappa shape index (κ3) is 7.02. The molecule has 0 radical (unpaired) electrons. The summed E-state index contributed by atoms with van der Waals surface area (Å²) in [6.45, 7) is 6.25. The van der Waals surface area contributed by atoms with Crippen molar-refractivity contribution >= 4 is 12.0 Å². The molecular weight excluding hydrogens is 346 g/mol. The van der Waals surface area contributed by atoms with Crippen LogP contribution in [0.3, 0.4) is 0 Å². The van der Waals surface area contributed by atoms with Crippen molar-refractivity contribution in [3.8, 4) is 6.07 Å². The molecule has 7 heteroatoms. The lowest BCUT2D eigenvalue weighted by atomic mass is 9.84. The van der Waals surface area contributed by atoms with Crippen molar-refractivity contribution in [2.45, 2.75) is 89.3 Å². The standard InChI is InChI=1S/C20H33N3O4/c1-19(2,3)27-18(25)22-16(13-15-7-5-4-6-8-15)17(24)23-20(14-21)9-11-26-12-10-20/h15-16H,4-13H2,1-3H3,(H,22,25)(H,23,24). The first-order valence-corrected chi connectivity index (χ1v) is 10.0. The highest BCUT2D eigenvalue weighted by Gasteiger charge is 2.37. The van der Waals surface area contributed by atoms with Crippen LogP contribution in [0.5, 0.6) is 0 Å². The van der Waals surface area contributed by atoms with E-state index in [1.807, 2.05) is 0 Å². The maximum atomic E-state index is 13.0. The first-order valence-electron chi connectivity index (χ1n) is 10.0. The SMILES string of the molecule is CC(C)(C)OC(=O)NC(CC1CCCCC1)C(=O)NC1(C#N)CCOCC1. The molecular formula is C20H33N3O4. The minimum absolute atomic E-state index is 0.310. The summed E-state index contributed by atoms with van der Waals surface area (Å²) in [6, 6.07) is 1.54. The van der Waals surface area contributed by atoms with Gasteiger partial charge in [-0.15, -0.1) is 0 Å². The maximum Gasteiger partial charge on any atom is 0.408 e. The highest BCUT2D eigenvalue weighted by atomic mass is 16.6. The van der Waals surface area contributed by atoms with Crippen LogP contribution in [0, 0.1) is 17.2 Å². The van der Waals surface area contributed by atoms with Gasteiger partial charge in [-0.3, -0.25) is 4.79 Å². The Labute approximate surface area is 162 Å². The maximum absolute atomic E-state index is 13.0. The van der Waals surface area contributed by atoms with Crippen LogP contribution in [-0.2, 0) is 14.3 Å². The number of carbonyl (C=O) groups excluding carboxylic acids is 2. The smallest absolute Gasteiger partial charge is 0.408 e. The normalized spacial score (nSPS) is 21.6. The van der Waals surface area contributed by atoms with Gasteiger partial charge in [-0.2, -0.15) is 5.26 Å². The van der Waals surface area contributed by atoms with Crippen molar-refractivity contribution in [1.29, 1.82) is 5.26 Å². The first-order chi connectivity index (χ1) is 12.7. The number of ether oxygens (including phenoxy) is 2. The molecule has 2 fully saturated rings. The zero-order valence-corrected chi connectivity index (χ0v) is 16.8. The van der Waals surface area contributed by atoms with E-state index >= 15 is 0 Å². The van der Waals surface area contributed by atoms with Crippen LogP contribution in [0.1, 0.15) is 72.1 Å². The van der Waals surface area contributed by atoms with E-state index in [0.717, 1.165) is 25.7 Å². The van der Waals surface area contributed by atoms with Gasteiger partial charge < -0.3 is 20.1 Å². The number of nitrogens with one attached hydrogen (secondary N) is 2. The summed E-state index contributed by atoms with van der Waals surface area (Å²) in [4.78, 5) is 25.2. The fourth-order valence-electron chi connectivity index (χ4n) is 3.75. The van der Waals surface area contributed by atoms with E-state index in [0.29, 0.717) is 38.4 Å². The van der Waals surface area contributed by atoms with Crippen LogP contribution in [-0.4, -0.2) is 42.4 Å². The lowest BCUT2D eigenvalue weighted by molar-refractivity contribution is -0.126. The van der Waals surface area contributed by atoms with Gasteiger partial charge in [0.15, 0.2) is 0 Å². The van der Waals surface area contributed by atoms with Crippen LogP contribution in [0.2, 0.25) is 0 Å². The molecule has 1 atom stereocenters. The molecule has 1 saturated carbocycles. The number of hydrogen-bond acceptors (Lipinski definition) is 5. The average molecular weight is 380 g/mol. The number of rotatable bonds is 5. The Bertz CT molecular complexity index is 553. The minimum Gasteiger partial charge on any atom is -0.444 e. The predicted octanol–water partition coefficient (Wildman–Crippen LogP) is 3.04. The van der Waals surface area contributed by atoms with Crippen LogP contribution in [0.4, 0.5) is 4.79 Å². The van der Waals surface area contributed by atoms with Gasteiger partial charge in [-0.1, -0.05) is 32.1 Å². The molecule has 0 bridgehead atoms. The minimum atomic E-state index is -0.921. The van der Waals surface area contributed by atoms with E-state index in [2.05, 4.69) is 16.7 Å². The van der Waals surface area contributed by atoms with E-state index < -0.39 is 23.3 Å². The molecule has 0 aromatic heterocycles. The number of nitrogens with zero attached hydrogens (tertiary/aromatic N) is 1. The van der Waals surface area contributed by atoms with Crippen LogP contribution in [0.25, 0.3) is 0 Å². The molecule has 7 nitrogen and oxygen atoms in total. The van der Waals surface area contributed by atoms with Gasteiger partial charge in [0.1, 0.15) is 17.2 Å². The summed E-state index contributed by atoms with van der Waals surface area (Å²) in [6.07, 6.45) is 6.56. The molecule has 0 spiro atoms. The second kappa shape index (κ2) is 9.41. The number of nitriles is 1. The van der Waals surface area contributed by atoms with Gasteiger partial charge >= 0.3 is 6.09 Å². The molecule has 152 valence electrons. The zero-order valence-electron chi connectivity index (χ0n) is 16.8. The molecule has 1 saturated heterocycles. The Morgan fingerprint density at radius 1 is 1.22 bits per heavy atom. The largest absolute Gasteiger partial charge is 0.444 e. The fourth-order valence-corrected chi connectivity index (χ4v) is 3.75. The van der Waals surface area contributed by atoms with Crippen molar-refractivity contribution in [3.63, 3.8) is 0 Å². The second-order valence-electron chi connectivity index (χ2n) is 8.73. The Morgan fingerprint density at radius 3 is 2.41 bits per heavy atom. The number of amides is 2. The summed E-state index contributed by atoms with van der Waals surface area (Å²) in [5.74, 6) is 0.0899. The van der Waals surface area contributed by atoms with E-state index in [4.69, 9.17) is 9.47 Å². The van der Waals surface area contributed by atoms with Gasteiger partial charge in [0.25, 0.3) is 0 Å². The third-order valence-electron chi connectivity index (χ3n) is 5.22. The number of hydrogen-bond donors (Lipinski definition) is 2. The van der Waals surface area contributed by atoms with Crippen molar-refractivity contribution in [1.82, 2.24) is 10.6 Å². The Morgan fingerprint density at radius 2 is 1.85 bits per heavy atom. The van der Waals surface area contributed by atoms with E-state index in [1.54, 1.807) is 20.8 Å². The van der Waals surface area contributed by atoms with Gasteiger partial charge in [0.05, 0.1) is 6.07 Å². The molecule has 2 N–H and O–H groups in total. The van der Waals surface area contributed by atoms with Crippen molar-refractivity contribution in [2.24, 2.45) is 5.92 Å². The topological polar surface area (TPSA) is 100 Å². The van der Waals surface area contributed by atoms with Crippen molar-refractivity contribution < 1.29 is 19.1 Å². The van der Waals surface area contributed by atoms with E-state index in [1.165, 1.54) is 6.42 Å². The molecule has 1 aliphatic heterocycles. The quantitative estimate of drug-likeness (QED) is 0.765. The van der Waals surface area contributed by atoms with Crippen LogP contribution in [0.15, 0.2) is 0 Å². The Kier molecular flexibility index (Phi) is 7.49. The molecule has 1 aliphatic carbocycles. The second-order valence-corrected chi connectivity index (χ2v) is 8.73. The highest BCUT2D eigenvalue weighted by molar-refractivity contribution is 5.86. The summed E-state index contributed by atoms with van der Waals surface area (Å²) < 4.78 is 10.7. The number of carbonyl (C=O) groups is 2. The highest BCUT2D eigenvalue weighted by Crippen LogP contribution is 2.28. The van der Waals surface area contributed by atoms with Gasteiger partial charge in [-0.25, -0.2) is 4.79 Å².